The van der Waals surface area contributed by atoms with Crippen molar-refractivity contribution in [2.45, 2.75) is 12.5 Å². The Morgan fingerprint density at radius 2 is 1.94 bits per heavy atom. The highest BCUT2D eigenvalue weighted by Gasteiger charge is 2.14. The Hall–Kier alpha value is -1.52. The highest BCUT2D eigenvalue weighted by Crippen LogP contribution is 2.22. The van der Waals surface area contributed by atoms with Crippen molar-refractivity contribution in [2.75, 3.05) is 0 Å². The van der Waals surface area contributed by atoms with E-state index in [4.69, 9.17) is 11.6 Å². The molecule has 1 aromatic heterocycles. The maximum Gasteiger partial charge on any atom is 0.157 e. The molecule has 2 aromatic rings. The van der Waals surface area contributed by atoms with Gasteiger partial charge in [0.05, 0.1) is 5.02 Å². The zero-order valence-corrected chi connectivity index (χ0v) is 9.60. The van der Waals surface area contributed by atoms with Crippen molar-refractivity contribution in [3.8, 4) is 0 Å². The summed E-state index contributed by atoms with van der Waals surface area (Å²) in [6, 6.07) is 6.33. The first-order valence-corrected chi connectivity index (χ1v) is 5.44. The van der Waals surface area contributed by atoms with E-state index in [0.29, 0.717) is 5.56 Å². The number of nitrogens with zero attached hydrogens (tertiary/aromatic N) is 2. The highest BCUT2D eigenvalue weighted by atomic mass is 35.5. The first-order valence-electron chi connectivity index (χ1n) is 5.06. The van der Waals surface area contributed by atoms with Gasteiger partial charge in [-0.05, 0) is 17.7 Å². The Labute approximate surface area is 103 Å². The molecule has 0 radical (unpaired) electrons. The van der Waals surface area contributed by atoms with Gasteiger partial charge in [0.2, 0.25) is 0 Å². The lowest BCUT2D eigenvalue weighted by molar-refractivity contribution is 0.167. The van der Waals surface area contributed by atoms with Gasteiger partial charge < -0.3 is 5.11 Å². The van der Waals surface area contributed by atoms with Gasteiger partial charge >= 0.3 is 0 Å². The van der Waals surface area contributed by atoms with Gasteiger partial charge in [-0.3, -0.25) is 0 Å². The number of aliphatic hydroxyl groups excluding tert-OH is 1. The van der Waals surface area contributed by atoms with Gasteiger partial charge in [-0.25, -0.2) is 14.4 Å². The average Bonchev–Trinajstić information content (AvgIpc) is 2.36. The summed E-state index contributed by atoms with van der Waals surface area (Å²) in [6.45, 7) is 0. The Balaban J connectivity index is 2.19. The van der Waals surface area contributed by atoms with Crippen LogP contribution in [-0.2, 0) is 6.42 Å². The molecule has 0 fully saturated rings. The molecule has 1 heterocycles. The minimum atomic E-state index is -0.941. The van der Waals surface area contributed by atoms with Crippen molar-refractivity contribution < 1.29 is 9.50 Å². The molecule has 0 saturated carbocycles. The molecular formula is C12H10ClFN2O. The van der Waals surface area contributed by atoms with E-state index in [9.17, 15) is 9.50 Å². The van der Waals surface area contributed by atoms with Gasteiger partial charge in [-0.1, -0.05) is 23.7 Å². The van der Waals surface area contributed by atoms with E-state index in [-0.39, 0.29) is 17.3 Å². The molecular weight excluding hydrogens is 243 g/mol. The molecule has 5 heteroatoms. The highest BCUT2D eigenvalue weighted by molar-refractivity contribution is 6.30. The molecule has 1 unspecified atom stereocenters. The fourth-order valence-corrected chi connectivity index (χ4v) is 1.68. The molecule has 17 heavy (non-hydrogen) atoms. The molecule has 0 amide bonds. The second-order valence-corrected chi connectivity index (χ2v) is 3.95. The smallest absolute Gasteiger partial charge is 0.157 e. The van der Waals surface area contributed by atoms with E-state index in [1.807, 2.05) is 0 Å². The maximum atomic E-state index is 13.6. The molecule has 3 nitrogen and oxygen atoms in total. The number of aromatic nitrogens is 2. The van der Waals surface area contributed by atoms with Gasteiger partial charge in [0.25, 0.3) is 0 Å². The summed E-state index contributed by atoms with van der Waals surface area (Å²) in [5.74, 6) is -0.240. The average molecular weight is 253 g/mol. The quantitative estimate of drug-likeness (QED) is 0.913. The van der Waals surface area contributed by atoms with Crippen LogP contribution in [0.2, 0.25) is 5.02 Å². The second kappa shape index (κ2) is 5.21. The Morgan fingerprint density at radius 3 is 2.65 bits per heavy atom. The summed E-state index contributed by atoms with van der Waals surface area (Å²) in [6.07, 6.45) is 2.21. The molecule has 0 aliphatic heterocycles. The van der Waals surface area contributed by atoms with E-state index in [0.717, 1.165) is 0 Å². The molecule has 1 N–H and O–H groups in total. The van der Waals surface area contributed by atoms with Crippen molar-refractivity contribution in [2.24, 2.45) is 0 Å². The lowest BCUT2D eigenvalue weighted by Crippen LogP contribution is -2.07. The topological polar surface area (TPSA) is 46.0 Å². The van der Waals surface area contributed by atoms with E-state index < -0.39 is 11.9 Å². The Kier molecular flexibility index (Phi) is 3.66. The standard InChI is InChI=1S/C12H10ClFN2O/c13-9-4-1-3-8(11(9)14)7-10(17)12-15-5-2-6-16-12/h1-6,10,17H,7H2. The summed E-state index contributed by atoms with van der Waals surface area (Å²) in [5, 5.41) is 9.90. The van der Waals surface area contributed by atoms with E-state index in [1.54, 1.807) is 18.2 Å². The normalized spacial score (nSPS) is 12.4. The van der Waals surface area contributed by atoms with Crippen LogP contribution in [0.25, 0.3) is 0 Å². The summed E-state index contributed by atoms with van der Waals surface area (Å²) in [7, 11) is 0. The van der Waals surface area contributed by atoms with Gasteiger partial charge in [0.15, 0.2) is 5.82 Å². The van der Waals surface area contributed by atoms with Crippen LogP contribution in [0.5, 0.6) is 0 Å². The summed E-state index contributed by atoms with van der Waals surface area (Å²) in [4.78, 5) is 7.82. The molecule has 2 rings (SSSR count). The van der Waals surface area contributed by atoms with Gasteiger partial charge in [-0.15, -0.1) is 0 Å². The zero-order valence-electron chi connectivity index (χ0n) is 8.85. The van der Waals surface area contributed by atoms with Gasteiger partial charge in [0.1, 0.15) is 11.9 Å². The predicted molar refractivity (Wildman–Crippen MR) is 62.1 cm³/mol. The minimum absolute atomic E-state index is 0.0451. The third kappa shape index (κ3) is 2.78. The van der Waals surface area contributed by atoms with Crippen LogP contribution in [0, 0.1) is 5.82 Å². The van der Waals surface area contributed by atoms with Gasteiger partial charge in [0, 0.05) is 18.8 Å². The molecule has 0 aliphatic rings. The number of hydrogen-bond donors (Lipinski definition) is 1. The summed E-state index contributed by atoms with van der Waals surface area (Å²) >= 11 is 5.66. The summed E-state index contributed by atoms with van der Waals surface area (Å²) < 4.78 is 13.6. The molecule has 88 valence electrons. The molecule has 0 aliphatic carbocycles. The van der Waals surface area contributed by atoms with Crippen molar-refractivity contribution >= 4 is 11.6 Å². The minimum Gasteiger partial charge on any atom is -0.385 e. The van der Waals surface area contributed by atoms with Crippen LogP contribution in [0.1, 0.15) is 17.5 Å². The lowest BCUT2D eigenvalue weighted by atomic mass is 10.1. The number of halogens is 2. The fraction of sp³-hybridized carbons (Fsp3) is 0.167. The van der Waals surface area contributed by atoms with E-state index in [2.05, 4.69) is 9.97 Å². The number of aliphatic hydroxyl groups is 1. The first kappa shape index (κ1) is 12.0. The van der Waals surface area contributed by atoms with Crippen LogP contribution >= 0.6 is 11.6 Å². The van der Waals surface area contributed by atoms with Crippen LogP contribution in [0.3, 0.4) is 0 Å². The predicted octanol–water partition coefficient (Wildman–Crippen LogP) is 2.55. The van der Waals surface area contributed by atoms with Crippen LogP contribution in [0.15, 0.2) is 36.7 Å². The van der Waals surface area contributed by atoms with Crippen molar-refractivity contribution in [1.82, 2.24) is 9.97 Å². The van der Waals surface area contributed by atoms with Crippen molar-refractivity contribution in [1.29, 1.82) is 0 Å². The molecule has 0 bridgehead atoms. The second-order valence-electron chi connectivity index (χ2n) is 3.54. The molecule has 1 atom stereocenters. The van der Waals surface area contributed by atoms with Crippen molar-refractivity contribution in [3.63, 3.8) is 0 Å². The Morgan fingerprint density at radius 1 is 1.24 bits per heavy atom. The number of rotatable bonds is 3. The van der Waals surface area contributed by atoms with Gasteiger partial charge in [-0.2, -0.15) is 0 Å². The maximum absolute atomic E-state index is 13.6. The molecule has 0 saturated heterocycles. The first-order chi connectivity index (χ1) is 8.18. The van der Waals surface area contributed by atoms with E-state index >= 15 is 0 Å². The Bertz CT molecular complexity index is 507. The third-order valence-corrected chi connectivity index (χ3v) is 2.62. The van der Waals surface area contributed by atoms with E-state index in [1.165, 1.54) is 18.5 Å². The molecule has 1 aromatic carbocycles. The lowest BCUT2D eigenvalue weighted by Gasteiger charge is -2.10. The SMILES string of the molecule is OC(Cc1cccc(Cl)c1F)c1ncccn1. The van der Waals surface area contributed by atoms with Crippen LogP contribution in [0.4, 0.5) is 4.39 Å². The number of hydrogen-bond acceptors (Lipinski definition) is 3. The monoisotopic (exact) mass is 252 g/mol. The third-order valence-electron chi connectivity index (χ3n) is 2.33. The fourth-order valence-electron chi connectivity index (χ4n) is 1.49. The van der Waals surface area contributed by atoms with Crippen molar-refractivity contribution in [3.05, 3.63) is 58.9 Å². The molecule has 0 spiro atoms. The van der Waals surface area contributed by atoms with Crippen LogP contribution < -0.4 is 0 Å². The zero-order chi connectivity index (χ0) is 12.3. The largest absolute Gasteiger partial charge is 0.385 e. The summed E-state index contributed by atoms with van der Waals surface area (Å²) in [5.41, 5.74) is 0.345. The van der Waals surface area contributed by atoms with Crippen LogP contribution in [-0.4, -0.2) is 15.1 Å². The number of benzene rings is 1.